The van der Waals surface area contributed by atoms with Gasteiger partial charge in [-0.15, -0.1) is 0 Å². The van der Waals surface area contributed by atoms with Crippen LogP contribution in [0.15, 0.2) is 54.7 Å². The molecule has 1 aromatic heterocycles. The van der Waals surface area contributed by atoms with Gasteiger partial charge in [0.2, 0.25) is 0 Å². The van der Waals surface area contributed by atoms with E-state index in [0.29, 0.717) is 9.70 Å². The van der Waals surface area contributed by atoms with Gasteiger partial charge in [-0.3, -0.25) is 9.59 Å². The van der Waals surface area contributed by atoms with Crippen molar-refractivity contribution in [1.82, 2.24) is 15.1 Å². The Kier molecular flexibility index (Phi) is 6.68. The molecule has 0 spiro atoms. The normalized spacial score (nSPS) is 11.8. The van der Waals surface area contributed by atoms with Gasteiger partial charge < -0.3 is 10.6 Å². The molecule has 0 radical (unpaired) electrons. The number of halogens is 7. The van der Waals surface area contributed by atoms with Gasteiger partial charge >= 0.3 is 12.4 Å². The second-order valence-corrected chi connectivity index (χ2v) is 7.06. The van der Waals surface area contributed by atoms with Crippen molar-refractivity contribution in [2.45, 2.75) is 12.4 Å². The first-order chi connectivity index (χ1) is 15.3. The maximum atomic E-state index is 13.7. The van der Waals surface area contributed by atoms with E-state index in [-0.39, 0.29) is 16.9 Å². The molecule has 33 heavy (non-hydrogen) atoms. The average molecular weight is 491 g/mol. The summed E-state index contributed by atoms with van der Waals surface area (Å²) in [6, 6.07) is 9.89. The number of amides is 2. The predicted octanol–water partition coefficient (Wildman–Crippen LogP) is 5.09. The fourth-order valence-electron chi connectivity index (χ4n) is 2.75. The number of hydrogen-bond acceptors (Lipinski definition) is 3. The molecule has 0 bridgehead atoms. The van der Waals surface area contributed by atoms with Crippen LogP contribution in [0.5, 0.6) is 0 Å². The maximum Gasteiger partial charge on any atom is 0.434 e. The molecule has 3 rings (SSSR count). The average Bonchev–Trinajstić information content (AvgIpc) is 3.18. The van der Waals surface area contributed by atoms with E-state index < -0.39 is 42.0 Å². The molecule has 0 aliphatic rings. The molecule has 3 aromatic rings. The zero-order valence-corrected chi connectivity index (χ0v) is 17.0. The molecule has 0 saturated carbocycles. The molecule has 174 valence electrons. The molecule has 2 amide bonds. The lowest BCUT2D eigenvalue weighted by Crippen LogP contribution is -2.33. The number of hydrogen-bond donors (Lipinski definition) is 2. The minimum absolute atomic E-state index is 0.0136. The van der Waals surface area contributed by atoms with Crippen LogP contribution >= 0.6 is 11.6 Å². The quantitative estimate of drug-likeness (QED) is 0.489. The van der Waals surface area contributed by atoms with Gasteiger partial charge in [-0.2, -0.15) is 31.4 Å². The van der Waals surface area contributed by atoms with Crippen molar-refractivity contribution >= 4 is 29.1 Å². The Morgan fingerprint density at radius 2 is 1.52 bits per heavy atom. The molecule has 1 heterocycles. The second kappa shape index (κ2) is 9.14. The van der Waals surface area contributed by atoms with Crippen molar-refractivity contribution in [3.8, 4) is 5.69 Å². The summed E-state index contributed by atoms with van der Waals surface area (Å²) in [6.07, 6.45) is -8.76. The van der Waals surface area contributed by atoms with Crippen LogP contribution in [0.2, 0.25) is 5.02 Å². The van der Waals surface area contributed by atoms with Gasteiger partial charge in [0.25, 0.3) is 11.8 Å². The number of anilines is 1. The second-order valence-electron chi connectivity index (χ2n) is 6.62. The van der Waals surface area contributed by atoms with Crippen LogP contribution in [0.1, 0.15) is 26.4 Å². The Morgan fingerprint density at radius 3 is 2.06 bits per heavy atom. The van der Waals surface area contributed by atoms with Crippen LogP contribution in [0.4, 0.5) is 32.0 Å². The summed E-state index contributed by atoms with van der Waals surface area (Å²) in [5.41, 5.74) is -2.17. The SMILES string of the molecule is O=C(NCC(F)(F)F)c1ccc(NC(=O)c2cnn(-c3ccc(Cl)cc3)c2C(F)(F)F)cc1. The van der Waals surface area contributed by atoms with Crippen LogP contribution in [0.25, 0.3) is 5.69 Å². The summed E-state index contributed by atoms with van der Waals surface area (Å²) in [5, 5.41) is 7.89. The lowest BCUT2D eigenvalue weighted by Gasteiger charge is -2.13. The number of rotatable bonds is 5. The molecule has 0 aliphatic heterocycles. The van der Waals surface area contributed by atoms with Crippen molar-refractivity contribution in [2.75, 3.05) is 11.9 Å². The molecule has 6 nitrogen and oxygen atoms in total. The van der Waals surface area contributed by atoms with Crippen LogP contribution in [-0.4, -0.2) is 34.3 Å². The fourth-order valence-corrected chi connectivity index (χ4v) is 2.88. The summed E-state index contributed by atoms with van der Waals surface area (Å²) in [7, 11) is 0. The van der Waals surface area contributed by atoms with Crippen molar-refractivity contribution in [3.05, 3.63) is 76.6 Å². The summed E-state index contributed by atoms with van der Waals surface area (Å²) in [6.45, 7) is -1.53. The summed E-state index contributed by atoms with van der Waals surface area (Å²) >= 11 is 5.75. The van der Waals surface area contributed by atoms with E-state index in [9.17, 15) is 35.9 Å². The molecule has 0 aliphatic carbocycles. The van der Waals surface area contributed by atoms with Gasteiger partial charge in [0.1, 0.15) is 6.54 Å². The minimum Gasteiger partial charge on any atom is -0.343 e. The number of aromatic nitrogens is 2. The first kappa shape index (κ1) is 24.1. The fraction of sp³-hybridized carbons (Fsp3) is 0.150. The van der Waals surface area contributed by atoms with E-state index in [1.165, 1.54) is 24.3 Å². The Hall–Kier alpha value is -3.54. The predicted molar refractivity (Wildman–Crippen MR) is 106 cm³/mol. The third-order valence-corrected chi connectivity index (χ3v) is 4.46. The molecular weight excluding hydrogens is 478 g/mol. The number of nitrogens with one attached hydrogen (secondary N) is 2. The van der Waals surface area contributed by atoms with Crippen molar-refractivity contribution in [3.63, 3.8) is 0 Å². The summed E-state index contributed by atoms with van der Waals surface area (Å²) < 4.78 is 78.3. The number of carbonyl (C=O) groups is 2. The van der Waals surface area contributed by atoms with Gasteiger partial charge in [-0.05, 0) is 48.5 Å². The topological polar surface area (TPSA) is 76.0 Å². The van der Waals surface area contributed by atoms with E-state index in [0.717, 1.165) is 30.5 Å². The molecule has 13 heteroatoms. The van der Waals surface area contributed by atoms with E-state index in [2.05, 4.69) is 10.4 Å². The molecule has 0 atom stereocenters. The highest BCUT2D eigenvalue weighted by Crippen LogP contribution is 2.34. The third-order valence-electron chi connectivity index (χ3n) is 4.21. The van der Waals surface area contributed by atoms with E-state index >= 15 is 0 Å². The number of benzene rings is 2. The zero-order valence-electron chi connectivity index (χ0n) is 16.3. The number of alkyl halides is 6. The zero-order chi connectivity index (χ0) is 24.4. The third kappa shape index (κ3) is 6.04. The Labute approximate surface area is 187 Å². The van der Waals surface area contributed by atoms with Gasteiger partial charge in [-0.25, -0.2) is 4.68 Å². The molecule has 2 aromatic carbocycles. The van der Waals surface area contributed by atoms with Gasteiger partial charge in [0.05, 0.1) is 17.4 Å². The lowest BCUT2D eigenvalue weighted by atomic mass is 10.1. The van der Waals surface area contributed by atoms with Crippen LogP contribution in [-0.2, 0) is 6.18 Å². The highest BCUT2D eigenvalue weighted by atomic mass is 35.5. The first-order valence-electron chi connectivity index (χ1n) is 9.03. The standard InChI is InChI=1S/C20H13ClF6N4O2/c21-12-3-7-14(8-4-12)31-16(20(25,26)27)15(9-29-31)18(33)30-13-5-1-11(2-6-13)17(32)28-10-19(22,23)24/h1-9H,10H2,(H,28,32)(H,30,33). The van der Waals surface area contributed by atoms with Crippen molar-refractivity contribution in [2.24, 2.45) is 0 Å². The summed E-state index contributed by atoms with van der Waals surface area (Å²) in [4.78, 5) is 24.2. The number of carbonyl (C=O) groups excluding carboxylic acids is 2. The smallest absolute Gasteiger partial charge is 0.343 e. The maximum absolute atomic E-state index is 13.7. The molecule has 2 N–H and O–H groups in total. The van der Waals surface area contributed by atoms with Crippen LogP contribution in [0, 0.1) is 0 Å². The molecule has 0 fully saturated rings. The van der Waals surface area contributed by atoms with Crippen LogP contribution < -0.4 is 10.6 Å². The van der Waals surface area contributed by atoms with Crippen LogP contribution in [0.3, 0.4) is 0 Å². The minimum atomic E-state index is -4.93. The largest absolute Gasteiger partial charge is 0.434 e. The van der Waals surface area contributed by atoms with Gasteiger partial charge in [0.15, 0.2) is 5.69 Å². The highest BCUT2D eigenvalue weighted by molar-refractivity contribution is 6.30. The lowest BCUT2D eigenvalue weighted by molar-refractivity contribution is -0.143. The van der Waals surface area contributed by atoms with E-state index in [1.807, 2.05) is 0 Å². The van der Waals surface area contributed by atoms with Crippen molar-refractivity contribution < 1.29 is 35.9 Å². The Morgan fingerprint density at radius 1 is 0.909 bits per heavy atom. The van der Waals surface area contributed by atoms with Gasteiger partial charge in [0, 0.05) is 16.3 Å². The molecule has 0 unspecified atom stereocenters. The van der Waals surface area contributed by atoms with Crippen molar-refractivity contribution in [1.29, 1.82) is 0 Å². The van der Waals surface area contributed by atoms with Gasteiger partial charge in [-0.1, -0.05) is 11.6 Å². The first-order valence-corrected chi connectivity index (χ1v) is 9.40. The molecule has 0 saturated heterocycles. The Bertz CT molecular complexity index is 1160. The van der Waals surface area contributed by atoms with E-state index in [4.69, 9.17) is 11.6 Å². The highest BCUT2D eigenvalue weighted by Gasteiger charge is 2.40. The van der Waals surface area contributed by atoms with E-state index in [1.54, 1.807) is 5.32 Å². The summed E-state index contributed by atoms with van der Waals surface area (Å²) in [5.74, 6) is -2.13. The number of nitrogens with zero attached hydrogens (tertiary/aromatic N) is 2. The molecular formula is C20H13ClF6N4O2. The monoisotopic (exact) mass is 490 g/mol. The Balaban J connectivity index is 1.80.